The Morgan fingerprint density at radius 2 is 2.38 bits per heavy atom. The Morgan fingerprint density at radius 1 is 1.62 bits per heavy atom. The molecule has 1 unspecified atom stereocenters. The summed E-state index contributed by atoms with van der Waals surface area (Å²) in [5.41, 5.74) is 0.301. The molecule has 2 rings (SSSR count). The predicted octanol–water partition coefficient (Wildman–Crippen LogP) is 1.71. The van der Waals surface area contributed by atoms with Gasteiger partial charge in [-0.3, -0.25) is 14.9 Å². The van der Waals surface area contributed by atoms with Crippen molar-refractivity contribution in [2.75, 3.05) is 19.6 Å². The van der Waals surface area contributed by atoms with Gasteiger partial charge in [0.2, 0.25) is 0 Å². The summed E-state index contributed by atoms with van der Waals surface area (Å²) in [5, 5.41) is 17.0. The molecule has 1 aromatic heterocycles. The average molecular weight is 294 g/mol. The minimum absolute atomic E-state index is 0.00141. The van der Waals surface area contributed by atoms with Crippen LogP contribution in [0.2, 0.25) is 0 Å². The van der Waals surface area contributed by atoms with Gasteiger partial charge in [-0.25, -0.2) is 0 Å². The van der Waals surface area contributed by atoms with E-state index in [0.29, 0.717) is 18.2 Å². The van der Waals surface area contributed by atoms with Crippen molar-refractivity contribution in [2.45, 2.75) is 32.7 Å². The van der Waals surface area contributed by atoms with Gasteiger partial charge in [0.1, 0.15) is 5.69 Å². The van der Waals surface area contributed by atoms with Crippen molar-refractivity contribution in [3.63, 3.8) is 0 Å². The Balaban J connectivity index is 1.98. The van der Waals surface area contributed by atoms with E-state index in [1.54, 1.807) is 4.57 Å². The molecule has 7 heteroatoms. The summed E-state index contributed by atoms with van der Waals surface area (Å²) in [6.07, 6.45) is 3.49. The highest BCUT2D eigenvalue weighted by atomic mass is 16.6. The molecule has 2 N–H and O–H groups in total. The molecule has 0 aromatic carbocycles. The van der Waals surface area contributed by atoms with Gasteiger partial charge < -0.3 is 15.2 Å². The smallest absolute Gasteiger partial charge is 0.287 e. The van der Waals surface area contributed by atoms with Gasteiger partial charge >= 0.3 is 0 Å². The third-order valence-corrected chi connectivity index (χ3v) is 3.83. The van der Waals surface area contributed by atoms with Crippen LogP contribution in [0.3, 0.4) is 0 Å². The molecule has 1 aliphatic heterocycles. The zero-order chi connectivity index (χ0) is 15.4. The number of carbonyl (C=O) groups is 1. The fraction of sp³-hybridized carbons (Fsp3) is 0.643. The van der Waals surface area contributed by atoms with Crippen LogP contribution < -0.4 is 10.6 Å². The van der Waals surface area contributed by atoms with Crippen molar-refractivity contribution in [1.29, 1.82) is 0 Å². The van der Waals surface area contributed by atoms with Gasteiger partial charge in [0.25, 0.3) is 11.6 Å². The first-order valence-corrected chi connectivity index (χ1v) is 7.34. The zero-order valence-electron chi connectivity index (χ0n) is 12.5. The van der Waals surface area contributed by atoms with Crippen molar-refractivity contribution in [1.82, 2.24) is 15.2 Å². The molecule has 0 spiro atoms. The summed E-state index contributed by atoms with van der Waals surface area (Å²) in [6.45, 7) is 6.43. The third-order valence-electron chi connectivity index (χ3n) is 3.83. The van der Waals surface area contributed by atoms with E-state index in [1.807, 2.05) is 13.8 Å². The van der Waals surface area contributed by atoms with Gasteiger partial charge in [0, 0.05) is 18.7 Å². The quantitative estimate of drug-likeness (QED) is 0.617. The molecule has 0 saturated carbocycles. The molecule has 1 aromatic rings. The summed E-state index contributed by atoms with van der Waals surface area (Å²) in [5.74, 6) is 0.360. The van der Waals surface area contributed by atoms with E-state index in [9.17, 15) is 14.9 Å². The first-order valence-electron chi connectivity index (χ1n) is 7.34. The average Bonchev–Trinajstić information content (AvgIpc) is 3.07. The Kier molecular flexibility index (Phi) is 4.95. The lowest BCUT2D eigenvalue weighted by molar-refractivity contribution is -0.384. The van der Waals surface area contributed by atoms with Gasteiger partial charge in [-0.15, -0.1) is 0 Å². The molecular weight excluding hydrogens is 272 g/mol. The van der Waals surface area contributed by atoms with Gasteiger partial charge in [-0.2, -0.15) is 0 Å². The topological polar surface area (TPSA) is 89.2 Å². The Bertz CT molecular complexity index is 518. The van der Waals surface area contributed by atoms with Crippen molar-refractivity contribution < 1.29 is 9.72 Å². The molecule has 1 fully saturated rings. The van der Waals surface area contributed by atoms with E-state index < -0.39 is 4.92 Å². The van der Waals surface area contributed by atoms with Crippen LogP contribution in [0.25, 0.3) is 0 Å². The first kappa shape index (κ1) is 15.5. The van der Waals surface area contributed by atoms with Crippen molar-refractivity contribution in [2.24, 2.45) is 5.92 Å². The maximum Gasteiger partial charge on any atom is 0.287 e. The zero-order valence-corrected chi connectivity index (χ0v) is 12.5. The molecule has 116 valence electrons. The lowest BCUT2D eigenvalue weighted by Crippen LogP contribution is -2.28. The van der Waals surface area contributed by atoms with Crippen LogP contribution in [-0.4, -0.2) is 35.0 Å². The van der Waals surface area contributed by atoms with E-state index in [4.69, 9.17) is 0 Å². The van der Waals surface area contributed by atoms with Crippen LogP contribution in [0.5, 0.6) is 0 Å². The summed E-state index contributed by atoms with van der Waals surface area (Å²) in [4.78, 5) is 22.6. The lowest BCUT2D eigenvalue weighted by Gasteiger charge is -2.13. The second-order valence-electron chi connectivity index (χ2n) is 5.75. The Labute approximate surface area is 123 Å². The van der Waals surface area contributed by atoms with Gasteiger partial charge in [0.15, 0.2) is 0 Å². The van der Waals surface area contributed by atoms with Gasteiger partial charge in [-0.1, -0.05) is 0 Å². The molecule has 0 radical (unpaired) electrons. The van der Waals surface area contributed by atoms with Crippen molar-refractivity contribution >= 4 is 11.6 Å². The van der Waals surface area contributed by atoms with Crippen LogP contribution in [0.4, 0.5) is 5.69 Å². The van der Waals surface area contributed by atoms with Crippen molar-refractivity contribution in [3.8, 4) is 0 Å². The summed E-state index contributed by atoms with van der Waals surface area (Å²) in [7, 11) is 0. The maximum atomic E-state index is 12.2. The molecule has 1 amide bonds. The number of nitro groups is 1. The SMILES string of the molecule is CC(C)n1cc([N+](=O)[O-])cc1C(=O)NCCC1CCNC1. The lowest BCUT2D eigenvalue weighted by atomic mass is 10.1. The summed E-state index contributed by atoms with van der Waals surface area (Å²) < 4.78 is 1.64. The monoisotopic (exact) mass is 294 g/mol. The largest absolute Gasteiger partial charge is 0.351 e. The molecule has 0 bridgehead atoms. The highest BCUT2D eigenvalue weighted by molar-refractivity contribution is 5.93. The fourth-order valence-electron chi connectivity index (χ4n) is 2.62. The van der Waals surface area contributed by atoms with E-state index in [-0.39, 0.29) is 17.6 Å². The number of hydrogen-bond donors (Lipinski definition) is 2. The Hall–Kier alpha value is -1.89. The number of rotatable bonds is 6. The minimum atomic E-state index is -0.472. The molecule has 1 aliphatic rings. The number of nitrogens with zero attached hydrogens (tertiary/aromatic N) is 2. The first-order chi connectivity index (χ1) is 9.99. The van der Waals surface area contributed by atoms with Crippen LogP contribution in [0.15, 0.2) is 12.3 Å². The fourth-order valence-corrected chi connectivity index (χ4v) is 2.62. The van der Waals surface area contributed by atoms with E-state index in [0.717, 1.165) is 25.9 Å². The van der Waals surface area contributed by atoms with E-state index in [2.05, 4.69) is 10.6 Å². The van der Waals surface area contributed by atoms with Crippen LogP contribution in [-0.2, 0) is 0 Å². The van der Waals surface area contributed by atoms with Crippen LogP contribution in [0, 0.1) is 16.0 Å². The molecular formula is C14H22N4O3. The molecule has 21 heavy (non-hydrogen) atoms. The summed E-state index contributed by atoms with van der Waals surface area (Å²) in [6, 6.07) is 1.34. The molecule has 1 atom stereocenters. The normalized spacial score (nSPS) is 18.1. The standard InChI is InChI=1S/C14H22N4O3/c1-10(2)17-9-12(18(20)21)7-13(17)14(19)16-6-4-11-3-5-15-8-11/h7,9-11,15H,3-6,8H2,1-2H3,(H,16,19). The minimum Gasteiger partial charge on any atom is -0.351 e. The number of nitrogens with one attached hydrogen (secondary N) is 2. The molecule has 7 nitrogen and oxygen atoms in total. The predicted molar refractivity (Wildman–Crippen MR) is 79.4 cm³/mol. The summed E-state index contributed by atoms with van der Waals surface area (Å²) >= 11 is 0. The maximum absolute atomic E-state index is 12.2. The molecule has 0 aliphatic carbocycles. The third kappa shape index (κ3) is 3.81. The second kappa shape index (κ2) is 6.71. The van der Waals surface area contributed by atoms with E-state index >= 15 is 0 Å². The van der Waals surface area contributed by atoms with Gasteiger partial charge in [0.05, 0.1) is 11.1 Å². The highest BCUT2D eigenvalue weighted by Crippen LogP contribution is 2.20. The number of aromatic nitrogens is 1. The molecule has 1 saturated heterocycles. The van der Waals surface area contributed by atoms with Crippen LogP contribution >= 0.6 is 0 Å². The number of carbonyl (C=O) groups excluding carboxylic acids is 1. The number of amides is 1. The van der Waals surface area contributed by atoms with Gasteiger partial charge in [-0.05, 0) is 45.7 Å². The number of hydrogen-bond acceptors (Lipinski definition) is 4. The second-order valence-corrected chi connectivity index (χ2v) is 5.75. The Morgan fingerprint density at radius 3 is 2.95 bits per heavy atom. The molecule has 2 heterocycles. The van der Waals surface area contributed by atoms with E-state index in [1.165, 1.54) is 12.3 Å². The van der Waals surface area contributed by atoms with Crippen LogP contribution in [0.1, 0.15) is 43.2 Å². The highest BCUT2D eigenvalue weighted by Gasteiger charge is 2.21. The van der Waals surface area contributed by atoms with Crippen molar-refractivity contribution in [3.05, 3.63) is 28.1 Å².